The Labute approximate surface area is 170 Å². The van der Waals surface area contributed by atoms with Crippen LogP contribution in [0.2, 0.25) is 0 Å². The zero-order valence-electron chi connectivity index (χ0n) is 17.4. The van der Waals surface area contributed by atoms with E-state index in [-0.39, 0.29) is 12.3 Å². The van der Waals surface area contributed by atoms with Crippen LogP contribution >= 0.6 is 0 Å². The maximum Gasteiger partial charge on any atom is 0.410 e. The van der Waals surface area contributed by atoms with E-state index in [0.29, 0.717) is 24.9 Å². The lowest BCUT2D eigenvalue weighted by Crippen LogP contribution is -2.45. The van der Waals surface area contributed by atoms with Gasteiger partial charge in [-0.25, -0.2) is 4.79 Å². The van der Waals surface area contributed by atoms with E-state index in [2.05, 4.69) is 4.98 Å². The number of H-pyrrole nitrogens is 1. The van der Waals surface area contributed by atoms with Crippen molar-refractivity contribution in [2.24, 2.45) is 5.92 Å². The Kier molecular flexibility index (Phi) is 5.96. The molecule has 2 atom stereocenters. The molecule has 0 aliphatic carbocycles. The number of rotatable bonds is 4. The topological polar surface area (TPSA) is 88.7 Å². The normalized spacial score (nSPS) is 18.3. The molecule has 0 radical (unpaired) electrons. The lowest BCUT2D eigenvalue weighted by atomic mass is 9.98. The highest BCUT2D eigenvalue weighted by Crippen LogP contribution is 2.23. The summed E-state index contributed by atoms with van der Waals surface area (Å²) in [6.45, 7) is 7.77. The van der Waals surface area contributed by atoms with Crippen LogP contribution in [-0.2, 0) is 14.3 Å². The van der Waals surface area contributed by atoms with Crippen LogP contribution in [0, 0.1) is 5.92 Å². The number of nitrogens with zero attached hydrogens (tertiary/aromatic N) is 1. The molecular formula is C22H28N2O5. The third-order valence-corrected chi connectivity index (χ3v) is 4.92. The highest BCUT2D eigenvalue weighted by atomic mass is 16.6. The number of ether oxygens (including phenoxy) is 2. The minimum Gasteiger partial charge on any atom is -0.454 e. The average molecular weight is 400 g/mol. The number of esters is 1. The van der Waals surface area contributed by atoms with Gasteiger partial charge in [0.1, 0.15) is 5.60 Å². The molecule has 2 unspecified atom stereocenters. The maximum atomic E-state index is 12.8. The molecule has 156 valence electrons. The Morgan fingerprint density at radius 1 is 1.21 bits per heavy atom. The fraction of sp³-hybridized carbons (Fsp3) is 0.500. The number of ketones is 1. The number of aromatic nitrogens is 1. The summed E-state index contributed by atoms with van der Waals surface area (Å²) in [5, 5.41) is 0.800. The van der Waals surface area contributed by atoms with Crippen LogP contribution in [0.1, 0.15) is 50.9 Å². The van der Waals surface area contributed by atoms with Crippen LogP contribution < -0.4 is 0 Å². The minimum absolute atomic E-state index is 0.238. The van der Waals surface area contributed by atoms with Crippen LogP contribution in [0.4, 0.5) is 4.79 Å². The second-order valence-electron chi connectivity index (χ2n) is 8.46. The van der Waals surface area contributed by atoms with Gasteiger partial charge in [0.15, 0.2) is 6.10 Å². The van der Waals surface area contributed by atoms with E-state index in [1.165, 1.54) is 4.90 Å². The molecule has 29 heavy (non-hydrogen) atoms. The summed E-state index contributed by atoms with van der Waals surface area (Å²) in [7, 11) is 0. The molecule has 1 fully saturated rings. The van der Waals surface area contributed by atoms with Crippen molar-refractivity contribution in [3.05, 3.63) is 36.0 Å². The van der Waals surface area contributed by atoms with Gasteiger partial charge in [-0.05, 0) is 46.6 Å². The van der Waals surface area contributed by atoms with Crippen molar-refractivity contribution in [3.8, 4) is 0 Å². The molecule has 2 aromatic rings. The standard InChI is InChI=1S/C22H28N2O5/c1-14(19(25)17-12-23-18-10-6-5-9-16(17)18)28-20(26)15-8-7-11-24(13-15)21(27)29-22(2,3)4/h5-6,9-10,12,14-15,23H,7-8,11,13H2,1-4H3. The van der Waals surface area contributed by atoms with Gasteiger partial charge in [0.25, 0.3) is 0 Å². The van der Waals surface area contributed by atoms with Crippen molar-refractivity contribution in [2.45, 2.75) is 52.2 Å². The fourth-order valence-electron chi connectivity index (χ4n) is 3.48. The zero-order valence-corrected chi connectivity index (χ0v) is 17.4. The second kappa shape index (κ2) is 8.27. The van der Waals surface area contributed by atoms with E-state index >= 15 is 0 Å². The van der Waals surface area contributed by atoms with Crippen LogP contribution in [-0.4, -0.2) is 52.5 Å². The van der Waals surface area contributed by atoms with Gasteiger partial charge in [-0.15, -0.1) is 0 Å². The van der Waals surface area contributed by atoms with Crippen LogP contribution in [0.15, 0.2) is 30.5 Å². The molecule has 2 heterocycles. The maximum absolute atomic E-state index is 12.8. The lowest BCUT2D eigenvalue weighted by molar-refractivity contribution is -0.152. The summed E-state index contributed by atoms with van der Waals surface area (Å²) in [5.74, 6) is -1.18. The number of likely N-dealkylation sites (tertiary alicyclic amines) is 1. The molecule has 1 saturated heterocycles. The van der Waals surface area contributed by atoms with E-state index in [4.69, 9.17) is 9.47 Å². The Morgan fingerprint density at radius 2 is 1.93 bits per heavy atom. The molecule has 0 bridgehead atoms. The largest absolute Gasteiger partial charge is 0.454 e. The number of Topliss-reactive ketones (excluding diaryl/α,β-unsaturated/α-hetero) is 1. The Hall–Kier alpha value is -2.83. The van der Waals surface area contributed by atoms with E-state index in [9.17, 15) is 14.4 Å². The first-order valence-corrected chi connectivity index (χ1v) is 9.94. The number of nitrogens with one attached hydrogen (secondary N) is 1. The molecule has 1 aromatic carbocycles. The van der Waals surface area contributed by atoms with E-state index < -0.39 is 29.7 Å². The monoisotopic (exact) mass is 400 g/mol. The summed E-state index contributed by atoms with van der Waals surface area (Å²) in [5.41, 5.74) is 0.764. The minimum atomic E-state index is -0.904. The third kappa shape index (κ3) is 4.96. The molecule has 0 saturated carbocycles. The number of carbonyl (C=O) groups excluding carboxylic acids is 3. The van der Waals surface area contributed by atoms with Crippen molar-refractivity contribution < 1.29 is 23.9 Å². The first kappa shape index (κ1) is 20.9. The number of hydrogen-bond donors (Lipinski definition) is 1. The molecule has 1 amide bonds. The SMILES string of the molecule is CC(OC(=O)C1CCCN(C(=O)OC(C)(C)C)C1)C(=O)c1c[nH]c2ccccc12. The van der Waals surface area contributed by atoms with E-state index in [0.717, 1.165) is 10.9 Å². The fourth-order valence-corrected chi connectivity index (χ4v) is 3.48. The number of fused-ring (bicyclic) bond motifs is 1. The van der Waals surface area contributed by atoms with Crippen LogP contribution in [0.5, 0.6) is 0 Å². The Balaban J connectivity index is 1.61. The summed E-state index contributed by atoms with van der Waals surface area (Å²) >= 11 is 0. The first-order valence-electron chi connectivity index (χ1n) is 9.94. The molecular weight excluding hydrogens is 372 g/mol. The highest BCUT2D eigenvalue weighted by molar-refractivity contribution is 6.10. The molecule has 7 heteroatoms. The van der Waals surface area contributed by atoms with Crippen molar-refractivity contribution in [1.29, 1.82) is 0 Å². The zero-order chi connectivity index (χ0) is 21.2. The number of hydrogen-bond acceptors (Lipinski definition) is 5. The molecule has 0 spiro atoms. The molecule has 1 aliphatic rings. The number of carbonyl (C=O) groups is 3. The summed E-state index contributed by atoms with van der Waals surface area (Å²) in [6, 6.07) is 7.48. The van der Waals surface area contributed by atoms with Gasteiger partial charge < -0.3 is 19.4 Å². The van der Waals surface area contributed by atoms with E-state index in [1.807, 2.05) is 24.3 Å². The van der Waals surface area contributed by atoms with E-state index in [1.54, 1.807) is 33.9 Å². The van der Waals surface area contributed by atoms with Crippen molar-refractivity contribution in [3.63, 3.8) is 0 Å². The Morgan fingerprint density at radius 3 is 2.66 bits per heavy atom. The number of amides is 1. The average Bonchev–Trinajstić information content (AvgIpc) is 3.10. The molecule has 1 aliphatic heterocycles. The summed E-state index contributed by atoms with van der Waals surface area (Å²) in [4.78, 5) is 42.3. The number of aromatic amines is 1. The van der Waals surface area contributed by atoms with Crippen molar-refractivity contribution >= 4 is 28.7 Å². The van der Waals surface area contributed by atoms with Crippen molar-refractivity contribution in [1.82, 2.24) is 9.88 Å². The first-order chi connectivity index (χ1) is 13.7. The number of piperidine rings is 1. The van der Waals surface area contributed by atoms with Gasteiger partial charge in [-0.3, -0.25) is 9.59 Å². The summed E-state index contributed by atoms with van der Waals surface area (Å²) < 4.78 is 10.9. The van der Waals surface area contributed by atoms with Crippen LogP contribution in [0.3, 0.4) is 0 Å². The van der Waals surface area contributed by atoms with Gasteiger partial charge in [0, 0.05) is 35.8 Å². The van der Waals surface area contributed by atoms with Gasteiger partial charge >= 0.3 is 12.1 Å². The van der Waals surface area contributed by atoms with Gasteiger partial charge in [0.2, 0.25) is 5.78 Å². The molecule has 1 aromatic heterocycles. The van der Waals surface area contributed by atoms with Crippen molar-refractivity contribution in [2.75, 3.05) is 13.1 Å². The quantitative estimate of drug-likeness (QED) is 0.620. The Bertz CT molecular complexity index is 911. The highest BCUT2D eigenvalue weighted by Gasteiger charge is 2.33. The van der Waals surface area contributed by atoms with Gasteiger partial charge in [0.05, 0.1) is 5.92 Å². The summed E-state index contributed by atoms with van der Waals surface area (Å²) in [6.07, 6.45) is 1.61. The molecule has 7 nitrogen and oxygen atoms in total. The number of para-hydroxylation sites is 1. The smallest absolute Gasteiger partial charge is 0.410 e. The lowest BCUT2D eigenvalue weighted by Gasteiger charge is -2.33. The molecule has 3 rings (SSSR count). The number of benzene rings is 1. The third-order valence-electron chi connectivity index (χ3n) is 4.92. The second-order valence-corrected chi connectivity index (χ2v) is 8.46. The molecule has 1 N–H and O–H groups in total. The van der Waals surface area contributed by atoms with Crippen LogP contribution in [0.25, 0.3) is 10.9 Å². The van der Waals surface area contributed by atoms with Gasteiger partial charge in [-0.2, -0.15) is 0 Å². The van der Waals surface area contributed by atoms with Gasteiger partial charge in [-0.1, -0.05) is 18.2 Å². The predicted octanol–water partition coefficient (Wildman–Crippen LogP) is 3.93. The predicted molar refractivity (Wildman–Crippen MR) is 109 cm³/mol.